The average Bonchev–Trinajstić information content (AvgIpc) is 3.07. The Balaban J connectivity index is 0.00000729. The van der Waals surface area contributed by atoms with E-state index in [1.807, 2.05) is 13.8 Å². The lowest BCUT2D eigenvalue weighted by molar-refractivity contribution is -0.138. The van der Waals surface area contributed by atoms with Crippen LogP contribution in [0.3, 0.4) is 0 Å². The van der Waals surface area contributed by atoms with Crippen LogP contribution in [-0.4, -0.2) is 82.6 Å². The molecule has 0 radical (unpaired) electrons. The molecule has 1 fully saturated rings. The van der Waals surface area contributed by atoms with Crippen molar-refractivity contribution >= 4 is 45.9 Å². The molecule has 1 aliphatic rings. The Kier molecular flexibility index (Phi) is 12.6. The molecule has 2 N–H and O–H groups in total. The van der Waals surface area contributed by atoms with Gasteiger partial charge in [-0.2, -0.15) is 0 Å². The molecule has 0 heterocycles. The molecule has 166 valence electrons. The molecule has 1 saturated carbocycles. The summed E-state index contributed by atoms with van der Waals surface area (Å²) < 4.78 is 24.7. The Hall–Kier alpha value is -0.620. The minimum absolute atomic E-state index is 0. The van der Waals surface area contributed by atoms with Crippen molar-refractivity contribution in [1.29, 1.82) is 0 Å². The fraction of sp³-hybridized carbons (Fsp3) is 0.889. The van der Waals surface area contributed by atoms with Crippen LogP contribution in [0.5, 0.6) is 0 Å². The molecule has 0 bridgehead atoms. The predicted octanol–water partition coefficient (Wildman–Crippen LogP) is 1.48. The Morgan fingerprint density at radius 3 is 2.21 bits per heavy atom. The SMILES string of the molecule is CCNC(=NCC1(C(=O)N(C)C)CCCC1)NCCCN(CC)S(C)(=O)=O.I. The molecule has 1 rings (SSSR count). The molecule has 0 spiro atoms. The van der Waals surface area contributed by atoms with E-state index in [1.165, 1.54) is 10.6 Å². The fourth-order valence-corrected chi connectivity index (χ4v) is 4.49. The third-order valence-corrected chi connectivity index (χ3v) is 6.38. The second kappa shape index (κ2) is 12.8. The highest BCUT2D eigenvalue weighted by molar-refractivity contribution is 14.0. The number of aliphatic imine (C=N–C) groups is 1. The molecule has 0 saturated heterocycles. The van der Waals surface area contributed by atoms with E-state index in [1.54, 1.807) is 19.0 Å². The van der Waals surface area contributed by atoms with Crippen molar-refractivity contribution in [1.82, 2.24) is 19.8 Å². The van der Waals surface area contributed by atoms with E-state index in [4.69, 9.17) is 0 Å². The maximum Gasteiger partial charge on any atom is 0.230 e. The van der Waals surface area contributed by atoms with Gasteiger partial charge >= 0.3 is 0 Å². The first kappa shape index (κ1) is 27.4. The molecule has 0 aromatic heterocycles. The van der Waals surface area contributed by atoms with Crippen molar-refractivity contribution in [3.63, 3.8) is 0 Å². The van der Waals surface area contributed by atoms with E-state index in [0.29, 0.717) is 38.6 Å². The number of sulfonamides is 1. The maximum absolute atomic E-state index is 12.7. The monoisotopic (exact) mass is 531 g/mol. The topological polar surface area (TPSA) is 94.1 Å². The molecule has 0 aromatic carbocycles. The average molecular weight is 532 g/mol. The van der Waals surface area contributed by atoms with Crippen LogP contribution in [0.15, 0.2) is 4.99 Å². The number of nitrogens with zero attached hydrogens (tertiary/aromatic N) is 3. The van der Waals surface area contributed by atoms with Gasteiger partial charge in [-0.25, -0.2) is 12.7 Å². The summed E-state index contributed by atoms with van der Waals surface area (Å²) in [6.45, 7) is 6.60. The number of amides is 1. The van der Waals surface area contributed by atoms with Crippen molar-refractivity contribution in [2.75, 3.05) is 53.1 Å². The number of hydrogen-bond acceptors (Lipinski definition) is 4. The van der Waals surface area contributed by atoms with Crippen molar-refractivity contribution in [3.8, 4) is 0 Å². The summed E-state index contributed by atoms with van der Waals surface area (Å²) in [5.74, 6) is 0.837. The van der Waals surface area contributed by atoms with Gasteiger partial charge in [-0.15, -0.1) is 24.0 Å². The number of guanidine groups is 1. The first-order valence-electron chi connectivity index (χ1n) is 9.85. The van der Waals surface area contributed by atoms with E-state index in [-0.39, 0.29) is 35.3 Å². The molecule has 0 atom stereocenters. The summed E-state index contributed by atoms with van der Waals surface area (Å²) in [5, 5.41) is 6.46. The van der Waals surface area contributed by atoms with Crippen molar-refractivity contribution < 1.29 is 13.2 Å². The van der Waals surface area contributed by atoms with Crippen LogP contribution in [0.1, 0.15) is 46.0 Å². The highest BCUT2D eigenvalue weighted by atomic mass is 127. The van der Waals surface area contributed by atoms with Crippen LogP contribution in [0.2, 0.25) is 0 Å². The quantitative estimate of drug-likeness (QED) is 0.193. The number of carbonyl (C=O) groups excluding carboxylic acids is 1. The minimum atomic E-state index is -3.16. The van der Waals surface area contributed by atoms with Gasteiger partial charge < -0.3 is 15.5 Å². The number of hydrogen-bond donors (Lipinski definition) is 2. The largest absolute Gasteiger partial charge is 0.357 e. The Morgan fingerprint density at radius 1 is 1.14 bits per heavy atom. The number of nitrogens with one attached hydrogen (secondary N) is 2. The lowest BCUT2D eigenvalue weighted by Crippen LogP contribution is -2.43. The van der Waals surface area contributed by atoms with E-state index < -0.39 is 10.0 Å². The summed E-state index contributed by atoms with van der Waals surface area (Å²) in [7, 11) is 0.449. The highest BCUT2D eigenvalue weighted by Gasteiger charge is 2.42. The van der Waals surface area contributed by atoms with Gasteiger partial charge in [-0.05, 0) is 26.2 Å². The molecular formula is C18H38IN5O3S. The van der Waals surface area contributed by atoms with Crippen molar-refractivity contribution in [2.24, 2.45) is 10.4 Å². The van der Waals surface area contributed by atoms with E-state index in [2.05, 4.69) is 15.6 Å². The third kappa shape index (κ3) is 8.40. The molecule has 10 heteroatoms. The summed E-state index contributed by atoms with van der Waals surface area (Å²) in [6, 6.07) is 0. The normalized spacial score (nSPS) is 16.6. The third-order valence-electron chi connectivity index (χ3n) is 5.00. The fourth-order valence-electron chi connectivity index (χ4n) is 3.56. The molecule has 28 heavy (non-hydrogen) atoms. The number of carbonyl (C=O) groups is 1. The summed E-state index contributed by atoms with van der Waals surface area (Å²) in [4.78, 5) is 19.0. The molecule has 1 aliphatic carbocycles. The standard InChI is InChI=1S/C18H37N5O3S.HI/c1-6-19-17(20-13-10-14-23(7-2)27(5,25)26)21-15-18(11-8-9-12-18)16(24)22(3)4;/h6-15H2,1-5H3,(H2,19,20,21);1H. The van der Waals surface area contributed by atoms with E-state index >= 15 is 0 Å². The van der Waals surface area contributed by atoms with Gasteiger partial charge in [0.2, 0.25) is 15.9 Å². The first-order valence-corrected chi connectivity index (χ1v) is 11.7. The molecule has 0 aromatic rings. The molecule has 8 nitrogen and oxygen atoms in total. The lowest BCUT2D eigenvalue weighted by atomic mass is 9.85. The summed E-state index contributed by atoms with van der Waals surface area (Å²) in [6.07, 6.45) is 5.82. The van der Waals surface area contributed by atoms with Gasteiger partial charge in [0, 0.05) is 40.3 Å². The number of halogens is 1. The molecule has 0 aliphatic heterocycles. The molecule has 1 amide bonds. The van der Waals surface area contributed by atoms with Crippen LogP contribution in [0.4, 0.5) is 0 Å². The van der Waals surface area contributed by atoms with Gasteiger partial charge in [0.25, 0.3) is 0 Å². The smallest absolute Gasteiger partial charge is 0.230 e. The zero-order valence-electron chi connectivity index (χ0n) is 18.0. The second-order valence-corrected chi connectivity index (χ2v) is 9.40. The van der Waals surface area contributed by atoms with Crippen LogP contribution < -0.4 is 10.6 Å². The Labute approximate surface area is 188 Å². The van der Waals surface area contributed by atoms with Gasteiger partial charge in [-0.3, -0.25) is 9.79 Å². The van der Waals surface area contributed by atoms with E-state index in [9.17, 15) is 13.2 Å². The Bertz CT molecular complexity index is 604. The summed E-state index contributed by atoms with van der Waals surface area (Å²) >= 11 is 0. The zero-order valence-corrected chi connectivity index (χ0v) is 21.1. The van der Waals surface area contributed by atoms with Gasteiger partial charge in [0.05, 0.1) is 18.2 Å². The van der Waals surface area contributed by atoms with Crippen LogP contribution >= 0.6 is 24.0 Å². The van der Waals surface area contributed by atoms with Crippen molar-refractivity contribution in [2.45, 2.75) is 46.0 Å². The van der Waals surface area contributed by atoms with Crippen LogP contribution in [0.25, 0.3) is 0 Å². The Morgan fingerprint density at radius 2 is 1.75 bits per heavy atom. The van der Waals surface area contributed by atoms with Gasteiger partial charge in [0.15, 0.2) is 5.96 Å². The molecular weight excluding hydrogens is 493 g/mol. The second-order valence-electron chi connectivity index (χ2n) is 7.42. The number of rotatable bonds is 10. The zero-order chi connectivity index (χ0) is 20.5. The van der Waals surface area contributed by atoms with Crippen LogP contribution in [0, 0.1) is 5.41 Å². The maximum atomic E-state index is 12.7. The van der Waals surface area contributed by atoms with Gasteiger partial charge in [-0.1, -0.05) is 19.8 Å². The van der Waals surface area contributed by atoms with Crippen molar-refractivity contribution in [3.05, 3.63) is 0 Å². The van der Waals surface area contributed by atoms with Gasteiger partial charge in [0.1, 0.15) is 0 Å². The first-order chi connectivity index (χ1) is 12.7. The van der Waals surface area contributed by atoms with E-state index in [0.717, 1.165) is 32.2 Å². The predicted molar refractivity (Wildman–Crippen MR) is 126 cm³/mol. The lowest BCUT2D eigenvalue weighted by Gasteiger charge is -2.29. The van der Waals surface area contributed by atoms with Crippen LogP contribution in [-0.2, 0) is 14.8 Å². The molecule has 0 unspecified atom stereocenters. The summed E-state index contributed by atoms with van der Waals surface area (Å²) in [5.41, 5.74) is -0.388. The highest BCUT2D eigenvalue weighted by Crippen LogP contribution is 2.39. The minimum Gasteiger partial charge on any atom is -0.357 e.